The lowest BCUT2D eigenvalue weighted by molar-refractivity contribution is 0.163. The summed E-state index contributed by atoms with van der Waals surface area (Å²) < 4.78 is 0. The van der Waals surface area contributed by atoms with Gasteiger partial charge in [0, 0.05) is 13.1 Å². The predicted molar refractivity (Wildman–Crippen MR) is 73.3 cm³/mol. The Bertz CT molecular complexity index is 348. The molecule has 2 heteroatoms. The van der Waals surface area contributed by atoms with Crippen molar-refractivity contribution in [2.45, 2.75) is 46.8 Å². The van der Waals surface area contributed by atoms with Gasteiger partial charge in [0.15, 0.2) is 0 Å². The second-order valence-electron chi connectivity index (χ2n) is 5.25. The van der Waals surface area contributed by atoms with E-state index in [1.807, 2.05) is 6.92 Å². The average Bonchev–Trinajstić information content (AvgIpc) is 2.20. The van der Waals surface area contributed by atoms with Crippen LogP contribution in [0.2, 0.25) is 0 Å². The zero-order valence-corrected chi connectivity index (χ0v) is 11.7. The summed E-state index contributed by atoms with van der Waals surface area (Å²) in [6, 6.07) is 4.48. The Morgan fingerprint density at radius 3 is 2.18 bits per heavy atom. The summed E-state index contributed by atoms with van der Waals surface area (Å²) >= 11 is 0. The molecule has 2 nitrogen and oxygen atoms in total. The van der Waals surface area contributed by atoms with E-state index in [0.717, 1.165) is 19.5 Å². The highest BCUT2D eigenvalue weighted by Crippen LogP contribution is 2.18. The third-order valence-electron chi connectivity index (χ3n) is 3.20. The van der Waals surface area contributed by atoms with Crippen LogP contribution in [0.25, 0.3) is 0 Å². The van der Waals surface area contributed by atoms with Crippen molar-refractivity contribution in [3.8, 4) is 0 Å². The molecule has 0 aliphatic carbocycles. The molecule has 1 unspecified atom stereocenters. The normalized spacial score (nSPS) is 13.1. The molecule has 0 aliphatic heterocycles. The standard InChI is InChI=1S/C15H25NO/c1-11-8-12(2)15(13(3)9-11)10-16(5)7-6-14(4)17/h8-9,14,17H,6-7,10H2,1-5H3. The van der Waals surface area contributed by atoms with Crippen LogP contribution in [0.15, 0.2) is 12.1 Å². The summed E-state index contributed by atoms with van der Waals surface area (Å²) in [6.07, 6.45) is 0.623. The van der Waals surface area contributed by atoms with Crippen molar-refractivity contribution in [1.29, 1.82) is 0 Å². The zero-order chi connectivity index (χ0) is 13.0. The Kier molecular flexibility index (Phi) is 5.16. The van der Waals surface area contributed by atoms with Gasteiger partial charge in [0.2, 0.25) is 0 Å². The van der Waals surface area contributed by atoms with Gasteiger partial charge in [0.1, 0.15) is 0 Å². The highest BCUT2D eigenvalue weighted by atomic mass is 16.3. The number of aliphatic hydroxyl groups is 1. The lowest BCUT2D eigenvalue weighted by Crippen LogP contribution is -2.23. The van der Waals surface area contributed by atoms with Gasteiger partial charge in [-0.1, -0.05) is 17.7 Å². The van der Waals surface area contributed by atoms with Crippen molar-refractivity contribution in [1.82, 2.24) is 4.90 Å². The third-order valence-corrected chi connectivity index (χ3v) is 3.20. The van der Waals surface area contributed by atoms with Gasteiger partial charge in [-0.25, -0.2) is 0 Å². The largest absolute Gasteiger partial charge is 0.393 e. The number of rotatable bonds is 5. The van der Waals surface area contributed by atoms with Crippen LogP contribution in [0.1, 0.15) is 35.6 Å². The number of hydrogen-bond donors (Lipinski definition) is 1. The van der Waals surface area contributed by atoms with Crippen LogP contribution in [0.4, 0.5) is 0 Å². The van der Waals surface area contributed by atoms with Gasteiger partial charge in [-0.05, 0) is 57.9 Å². The minimum atomic E-state index is -0.210. The van der Waals surface area contributed by atoms with E-state index in [4.69, 9.17) is 0 Å². The average molecular weight is 235 g/mol. The fourth-order valence-corrected chi connectivity index (χ4v) is 2.22. The Labute approximate surface area is 105 Å². The second kappa shape index (κ2) is 6.18. The van der Waals surface area contributed by atoms with E-state index in [2.05, 4.69) is 44.9 Å². The molecule has 0 fully saturated rings. The Hall–Kier alpha value is -0.860. The summed E-state index contributed by atoms with van der Waals surface area (Å²) in [4.78, 5) is 2.28. The van der Waals surface area contributed by atoms with Gasteiger partial charge in [0.25, 0.3) is 0 Å². The molecule has 0 saturated heterocycles. The topological polar surface area (TPSA) is 23.5 Å². The molecule has 0 radical (unpaired) electrons. The van der Waals surface area contributed by atoms with Gasteiger partial charge >= 0.3 is 0 Å². The fraction of sp³-hybridized carbons (Fsp3) is 0.600. The van der Waals surface area contributed by atoms with Crippen LogP contribution >= 0.6 is 0 Å². The van der Waals surface area contributed by atoms with E-state index in [9.17, 15) is 5.11 Å². The molecule has 96 valence electrons. The molecule has 1 aromatic carbocycles. The van der Waals surface area contributed by atoms with Crippen LogP contribution in [-0.2, 0) is 6.54 Å². The molecule has 0 heterocycles. The summed E-state index contributed by atoms with van der Waals surface area (Å²) in [5, 5.41) is 9.29. The van der Waals surface area contributed by atoms with Gasteiger partial charge < -0.3 is 10.0 Å². The van der Waals surface area contributed by atoms with E-state index in [1.54, 1.807) is 0 Å². The van der Waals surface area contributed by atoms with Crippen molar-refractivity contribution in [2.24, 2.45) is 0 Å². The fourth-order valence-electron chi connectivity index (χ4n) is 2.22. The van der Waals surface area contributed by atoms with E-state index < -0.39 is 0 Å². The van der Waals surface area contributed by atoms with E-state index >= 15 is 0 Å². The molecule has 1 atom stereocenters. The summed E-state index contributed by atoms with van der Waals surface area (Å²) in [7, 11) is 2.11. The van der Waals surface area contributed by atoms with Crippen LogP contribution < -0.4 is 0 Å². The van der Waals surface area contributed by atoms with Gasteiger partial charge in [-0.2, -0.15) is 0 Å². The maximum absolute atomic E-state index is 9.29. The van der Waals surface area contributed by atoms with Crippen molar-refractivity contribution in [3.05, 3.63) is 34.4 Å². The highest BCUT2D eigenvalue weighted by molar-refractivity contribution is 5.37. The quantitative estimate of drug-likeness (QED) is 0.848. The highest BCUT2D eigenvalue weighted by Gasteiger charge is 2.07. The number of hydrogen-bond acceptors (Lipinski definition) is 2. The first-order valence-electron chi connectivity index (χ1n) is 6.33. The van der Waals surface area contributed by atoms with Gasteiger partial charge in [-0.3, -0.25) is 0 Å². The molecule has 1 aromatic rings. The van der Waals surface area contributed by atoms with Crippen LogP contribution in [0.5, 0.6) is 0 Å². The molecule has 1 rings (SSSR count). The molecular formula is C15H25NO. The molecule has 17 heavy (non-hydrogen) atoms. The van der Waals surface area contributed by atoms with E-state index in [1.165, 1.54) is 22.3 Å². The number of aliphatic hydroxyl groups excluding tert-OH is 1. The lowest BCUT2D eigenvalue weighted by Gasteiger charge is -2.20. The smallest absolute Gasteiger partial charge is 0.0524 e. The molecular weight excluding hydrogens is 210 g/mol. The summed E-state index contributed by atoms with van der Waals surface area (Å²) in [5.41, 5.74) is 5.48. The maximum atomic E-state index is 9.29. The van der Waals surface area contributed by atoms with Gasteiger partial charge in [-0.15, -0.1) is 0 Å². The number of aryl methyl sites for hydroxylation is 3. The Morgan fingerprint density at radius 1 is 1.18 bits per heavy atom. The maximum Gasteiger partial charge on any atom is 0.0524 e. The minimum absolute atomic E-state index is 0.210. The van der Waals surface area contributed by atoms with Crippen molar-refractivity contribution >= 4 is 0 Å². The first-order chi connectivity index (χ1) is 7.90. The summed E-state index contributed by atoms with van der Waals surface area (Å²) in [6.45, 7) is 10.2. The molecule has 1 N–H and O–H groups in total. The molecule has 0 aromatic heterocycles. The lowest BCUT2D eigenvalue weighted by atomic mass is 9.99. The van der Waals surface area contributed by atoms with Crippen molar-refractivity contribution < 1.29 is 5.11 Å². The van der Waals surface area contributed by atoms with Crippen LogP contribution in [0.3, 0.4) is 0 Å². The molecule has 0 bridgehead atoms. The van der Waals surface area contributed by atoms with Crippen molar-refractivity contribution in [3.63, 3.8) is 0 Å². The Balaban J connectivity index is 2.68. The van der Waals surface area contributed by atoms with Crippen LogP contribution in [-0.4, -0.2) is 29.7 Å². The molecule has 0 saturated carbocycles. The first kappa shape index (κ1) is 14.2. The first-order valence-corrected chi connectivity index (χ1v) is 6.33. The number of nitrogens with zero attached hydrogens (tertiary/aromatic N) is 1. The Morgan fingerprint density at radius 2 is 1.71 bits per heavy atom. The predicted octanol–water partition coefficient (Wildman–Crippen LogP) is 2.81. The number of benzene rings is 1. The molecule has 0 amide bonds. The van der Waals surface area contributed by atoms with E-state index in [0.29, 0.717) is 0 Å². The second-order valence-corrected chi connectivity index (χ2v) is 5.25. The van der Waals surface area contributed by atoms with Crippen molar-refractivity contribution in [2.75, 3.05) is 13.6 Å². The SMILES string of the molecule is Cc1cc(C)c(CN(C)CCC(C)O)c(C)c1. The summed E-state index contributed by atoms with van der Waals surface area (Å²) in [5.74, 6) is 0. The minimum Gasteiger partial charge on any atom is -0.393 e. The van der Waals surface area contributed by atoms with Crippen LogP contribution in [0, 0.1) is 20.8 Å². The molecule has 0 aliphatic rings. The molecule has 0 spiro atoms. The van der Waals surface area contributed by atoms with E-state index in [-0.39, 0.29) is 6.10 Å². The zero-order valence-electron chi connectivity index (χ0n) is 11.7. The van der Waals surface area contributed by atoms with Gasteiger partial charge in [0.05, 0.1) is 6.10 Å². The monoisotopic (exact) mass is 235 g/mol. The third kappa shape index (κ3) is 4.49.